The smallest absolute Gasteiger partial charge is 0.335 e. The standard InChI is InChI=1S/C9H8O4.C3H3NO/c1-5-6(8(10)11)3-2-4-7(5)9(12)13;1-2-3(5)4-2/h2-4H,1H3,(H,10,11)(H,12,13);1H2,(H,4,5). The first-order chi connectivity index (χ1) is 8.34. The fourth-order valence-corrected chi connectivity index (χ4v) is 1.20. The van der Waals surface area contributed by atoms with Crippen molar-refractivity contribution in [1.82, 2.24) is 5.32 Å². The van der Waals surface area contributed by atoms with E-state index in [0.717, 1.165) is 0 Å². The largest absolute Gasteiger partial charge is 0.478 e. The van der Waals surface area contributed by atoms with Crippen molar-refractivity contribution >= 4 is 17.8 Å². The normalized spacial score (nSPS) is 12.1. The average molecular weight is 249 g/mol. The second-order valence-corrected chi connectivity index (χ2v) is 3.52. The number of aromatic carboxylic acids is 2. The van der Waals surface area contributed by atoms with Gasteiger partial charge in [0.05, 0.1) is 16.8 Å². The van der Waals surface area contributed by atoms with Crippen molar-refractivity contribution in [3.63, 3.8) is 0 Å². The first-order valence-corrected chi connectivity index (χ1v) is 4.91. The van der Waals surface area contributed by atoms with Crippen molar-refractivity contribution in [3.05, 3.63) is 47.2 Å². The highest BCUT2D eigenvalue weighted by Crippen LogP contribution is 2.13. The number of carbonyl (C=O) groups excluding carboxylic acids is 1. The summed E-state index contributed by atoms with van der Waals surface area (Å²) in [6.07, 6.45) is 0. The Bertz CT molecular complexity index is 503. The summed E-state index contributed by atoms with van der Waals surface area (Å²) in [5.74, 6) is -2.24. The molecule has 18 heavy (non-hydrogen) atoms. The summed E-state index contributed by atoms with van der Waals surface area (Å²) < 4.78 is 0. The van der Waals surface area contributed by atoms with Gasteiger partial charge in [-0.25, -0.2) is 9.59 Å². The number of rotatable bonds is 2. The van der Waals surface area contributed by atoms with Crippen LogP contribution in [0.1, 0.15) is 26.3 Å². The lowest BCUT2D eigenvalue weighted by Gasteiger charge is -2.03. The lowest BCUT2D eigenvalue weighted by atomic mass is 10.0. The fourth-order valence-electron chi connectivity index (χ4n) is 1.20. The molecule has 94 valence electrons. The van der Waals surface area contributed by atoms with Gasteiger partial charge in [-0.1, -0.05) is 12.6 Å². The quantitative estimate of drug-likeness (QED) is 0.535. The SMILES string of the molecule is C=C1NC1=O.Cc1c(C(=O)O)cccc1C(=O)O. The van der Waals surface area contributed by atoms with E-state index < -0.39 is 11.9 Å². The predicted octanol–water partition coefficient (Wildman–Crippen LogP) is 1.02. The number of carboxylic acids is 2. The van der Waals surface area contributed by atoms with E-state index >= 15 is 0 Å². The molecule has 1 heterocycles. The minimum atomic E-state index is -1.11. The number of carboxylic acid groups (broad SMARTS) is 2. The van der Waals surface area contributed by atoms with Crippen molar-refractivity contribution in [2.45, 2.75) is 6.92 Å². The molecule has 0 atom stereocenters. The zero-order valence-electron chi connectivity index (χ0n) is 9.56. The molecule has 1 aromatic carbocycles. The molecule has 0 saturated carbocycles. The van der Waals surface area contributed by atoms with Crippen LogP contribution < -0.4 is 5.32 Å². The molecule has 0 bridgehead atoms. The molecule has 6 nitrogen and oxygen atoms in total. The van der Waals surface area contributed by atoms with Crippen LogP contribution in [0.15, 0.2) is 30.5 Å². The Balaban J connectivity index is 0.000000269. The third-order valence-electron chi connectivity index (χ3n) is 2.27. The number of benzene rings is 1. The van der Waals surface area contributed by atoms with Gasteiger partial charge < -0.3 is 15.5 Å². The number of carbonyl (C=O) groups is 3. The Morgan fingerprint density at radius 3 is 1.72 bits per heavy atom. The zero-order chi connectivity index (χ0) is 13.9. The van der Waals surface area contributed by atoms with Gasteiger partial charge in [-0.2, -0.15) is 0 Å². The maximum absolute atomic E-state index is 10.6. The van der Waals surface area contributed by atoms with Gasteiger partial charge >= 0.3 is 11.9 Å². The van der Waals surface area contributed by atoms with Crippen LogP contribution in [0.5, 0.6) is 0 Å². The highest BCUT2D eigenvalue weighted by atomic mass is 16.4. The van der Waals surface area contributed by atoms with E-state index in [1.54, 1.807) is 0 Å². The molecule has 1 saturated heterocycles. The van der Waals surface area contributed by atoms with E-state index in [-0.39, 0.29) is 22.6 Å². The molecule has 2 rings (SSSR count). The van der Waals surface area contributed by atoms with E-state index in [9.17, 15) is 14.4 Å². The van der Waals surface area contributed by atoms with Gasteiger partial charge in [0.25, 0.3) is 5.91 Å². The summed E-state index contributed by atoms with van der Waals surface area (Å²) in [7, 11) is 0. The molecular formula is C12H11NO5. The van der Waals surface area contributed by atoms with Crippen molar-refractivity contribution in [2.24, 2.45) is 0 Å². The molecule has 3 N–H and O–H groups in total. The third kappa shape index (κ3) is 3.18. The summed E-state index contributed by atoms with van der Waals surface area (Å²) >= 11 is 0. The van der Waals surface area contributed by atoms with Crippen molar-refractivity contribution in [2.75, 3.05) is 0 Å². The van der Waals surface area contributed by atoms with Crippen molar-refractivity contribution in [3.8, 4) is 0 Å². The van der Waals surface area contributed by atoms with Crippen molar-refractivity contribution < 1.29 is 24.6 Å². The topological polar surface area (TPSA) is 114 Å². The molecule has 1 aliphatic heterocycles. The Labute approximate surface area is 103 Å². The van der Waals surface area contributed by atoms with Crippen LogP contribution in [0, 0.1) is 6.92 Å². The van der Waals surface area contributed by atoms with Crippen LogP contribution >= 0.6 is 0 Å². The Morgan fingerprint density at radius 2 is 1.50 bits per heavy atom. The molecule has 1 aliphatic rings. The van der Waals surface area contributed by atoms with Crippen LogP contribution in [0.2, 0.25) is 0 Å². The minimum Gasteiger partial charge on any atom is -0.478 e. The monoisotopic (exact) mass is 249 g/mol. The van der Waals surface area contributed by atoms with Gasteiger partial charge in [-0.15, -0.1) is 0 Å². The summed E-state index contributed by atoms with van der Waals surface area (Å²) in [6, 6.07) is 4.17. The second kappa shape index (κ2) is 5.13. The van der Waals surface area contributed by atoms with Crippen LogP contribution in [-0.2, 0) is 4.79 Å². The van der Waals surface area contributed by atoms with Gasteiger partial charge in [0.2, 0.25) is 0 Å². The van der Waals surface area contributed by atoms with Gasteiger partial charge in [0.1, 0.15) is 0 Å². The molecule has 1 fully saturated rings. The summed E-state index contributed by atoms with van der Waals surface area (Å²) in [6.45, 7) is 4.77. The Hall–Kier alpha value is -2.63. The molecule has 0 radical (unpaired) electrons. The van der Waals surface area contributed by atoms with Gasteiger partial charge in [0, 0.05) is 0 Å². The first-order valence-electron chi connectivity index (χ1n) is 4.91. The van der Waals surface area contributed by atoms with E-state index in [2.05, 4.69) is 11.9 Å². The van der Waals surface area contributed by atoms with E-state index in [1.807, 2.05) is 0 Å². The molecule has 0 spiro atoms. The van der Waals surface area contributed by atoms with Crippen LogP contribution in [0.4, 0.5) is 0 Å². The fraction of sp³-hybridized carbons (Fsp3) is 0.0833. The van der Waals surface area contributed by atoms with Crippen LogP contribution in [0.25, 0.3) is 0 Å². The van der Waals surface area contributed by atoms with Gasteiger partial charge in [-0.3, -0.25) is 4.79 Å². The first kappa shape index (κ1) is 13.4. The highest BCUT2D eigenvalue weighted by Gasteiger charge is 2.20. The Kier molecular flexibility index (Phi) is 3.83. The average Bonchev–Trinajstić information content (AvgIpc) is 2.92. The van der Waals surface area contributed by atoms with E-state index in [4.69, 9.17) is 10.2 Å². The molecule has 0 unspecified atom stereocenters. The minimum absolute atomic E-state index is 0.0231. The Morgan fingerprint density at radius 1 is 1.17 bits per heavy atom. The molecule has 1 amide bonds. The number of nitrogens with one attached hydrogen (secondary N) is 1. The number of hydrogen-bond donors (Lipinski definition) is 3. The summed E-state index contributed by atoms with van der Waals surface area (Å²) in [5, 5.41) is 19.7. The van der Waals surface area contributed by atoms with Crippen LogP contribution in [-0.4, -0.2) is 28.1 Å². The molecule has 1 aromatic rings. The van der Waals surface area contributed by atoms with Crippen LogP contribution in [0.3, 0.4) is 0 Å². The van der Waals surface area contributed by atoms with Gasteiger partial charge in [-0.05, 0) is 24.6 Å². The predicted molar refractivity (Wildman–Crippen MR) is 62.4 cm³/mol. The van der Waals surface area contributed by atoms with Crippen molar-refractivity contribution in [1.29, 1.82) is 0 Å². The summed E-state index contributed by atoms with van der Waals surface area (Å²) in [5.41, 5.74) is 0.868. The molecule has 6 heteroatoms. The maximum Gasteiger partial charge on any atom is 0.335 e. The second-order valence-electron chi connectivity index (χ2n) is 3.52. The maximum atomic E-state index is 10.6. The lowest BCUT2D eigenvalue weighted by Crippen LogP contribution is -2.06. The van der Waals surface area contributed by atoms with E-state index in [0.29, 0.717) is 5.70 Å². The zero-order valence-corrected chi connectivity index (χ0v) is 9.56. The van der Waals surface area contributed by atoms with Gasteiger partial charge in [0.15, 0.2) is 0 Å². The highest BCUT2D eigenvalue weighted by molar-refractivity contribution is 6.09. The lowest BCUT2D eigenvalue weighted by molar-refractivity contribution is -0.109. The van der Waals surface area contributed by atoms with E-state index in [1.165, 1.54) is 25.1 Å². The molecule has 0 aromatic heterocycles. The third-order valence-corrected chi connectivity index (χ3v) is 2.27. The number of hydrogen-bond acceptors (Lipinski definition) is 3. The number of amides is 1. The molecule has 0 aliphatic carbocycles. The summed E-state index contributed by atoms with van der Waals surface area (Å²) in [4.78, 5) is 30.9. The molecular weight excluding hydrogens is 238 g/mol.